The fourth-order valence-corrected chi connectivity index (χ4v) is 2.07. The minimum Gasteiger partial charge on any atom is -0.307 e. The van der Waals surface area contributed by atoms with Crippen molar-refractivity contribution in [3.63, 3.8) is 0 Å². The van der Waals surface area contributed by atoms with Crippen molar-refractivity contribution < 1.29 is 0 Å². The third-order valence-electron chi connectivity index (χ3n) is 2.64. The minimum absolute atomic E-state index is 0.712. The zero-order chi connectivity index (χ0) is 6.97. The number of rotatable bonds is 0. The van der Waals surface area contributed by atoms with E-state index in [2.05, 4.69) is 17.5 Å². The SMILES string of the molecule is CC1=NNC2CCCC2C1. The van der Waals surface area contributed by atoms with Crippen molar-refractivity contribution in [1.82, 2.24) is 5.43 Å². The lowest BCUT2D eigenvalue weighted by Gasteiger charge is -2.24. The lowest BCUT2D eigenvalue weighted by atomic mass is 9.96. The summed E-state index contributed by atoms with van der Waals surface area (Å²) in [6.45, 7) is 2.11. The normalized spacial score (nSPS) is 38.3. The highest BCUT2D eigenvalue weighted by atomic mass is 15.3. The van der Waals surface area contributed by atoms with Crippen LogP contribution in [-0.2, 0) is 0 Å². The van der Waals surface area contributed by atoms with Crippen LogP contribution in [-0.4, -0.2) is 11.8 Å². The predicted octanol–water partition coefficient (Wildman–Crippen LogP) is 1.52. The van der Waals surface area contributed by atoms with E-state index in [0.29, 0.717) is 6.04 Å². The summed E-state index contributed by atoms with van der Waals surface area (Å²) in [5.41, 5.74) is 4.50. The van der Waals surface area contributed by atoms with Gasteiger partial charge in [-0.2, -0.15) is 5.10 Å². The van der Waals surface area contributed by atoms with E-state index < -0.39 is 0 Å². The van der Waals surface area contributed by atoms with Gasteiger partial charge in [-0.25, -0.2) is 0 Å². The van der Waals surface area contributed by atoms with Gasteiger partial charge in [0.15, 0.2) is 0 Å². The summed E-state index contributed by atoms with van der Waals surface area (Å²) in [6, 6.07) is 0.712. The van der Waals surface area contributed by atoms with Gasteiger partial charge >= 0.3 is 0 Å². The number of hydrazone groups is 1. The molecule has 0 aromatic heterocycles. The van der Waals surface area contributed by atoms with Crippen LogP contribution in [0.3, 0.4) is 0 Å². The maximum Gasteiger partial charge on any atom is 0.0471 e. The van der Waals surface area contributed by atoms with Crippen LogP contribution in [0.1, 0.15) is 32.6 Å². The van der Waals surface area contributed by atoms with Crippen LogP contribution in [0.4, 0.5) is 0 Å². The summed E-state index contributed by atoms with van der Waals surface area (Å²) in [5.74, 6) is 0.900. The summed E-state index contributed by atoms with van der Waals surface area (Å²) in [4.78, 5) is 0. The molecule has 1 aliphatic heterocycles. The van der Waals surface area contributed by atoms with Crippen LogP contribution >= 0.6 is 0 Å². The highest BCUT2D eigenvalue weighted by Crippen LogP contribution is 2.30. The van der Waals surface area contributed by atoms with Crippen molar-refractivity contribution in [2.45, 2.75) is 38.6 Å². The number of nitrogens with one attached hydrogen (secondary N) is 1. The van der Waals surface area contributed by atoms with Gasteiger partial charge in [-0.3, -0.25) is 0 Å². The Morgan fingerprint density at radius 3 is 3.30 bits per heavy atom. The predicted molar refractivity (Wildman–Crippen MR) is 42.0 cm³/mol. The molecule has 2 rings (SSSR count). The fourth-order valence-electron chi connectivity index (χ4n) is 2.07. The van der Waals surface area contributed by atoms with Crippen molar-refractivity contribution in [2.24, 2.45) is 11.0 Å². The van der Waals surface area contributed by atoms with Gasteiger partial charge < -0.3 is 5.43 Å². The Hall–Kier alpha value is -0.530. The second-order valence-corrected chi connectivity index (χ2v) is 3.48. The van der Waals surface area contributed by atoms with E-state index in [0.717, 1.165) is 5.92 Å². The van der Waals surface area contributed by atoms with Crippen LogP contribution in [0.5, 0.6) is 0 Å². The molecule has 1 N–H and O–H groups in total. The molecule has 2 nitrogen and oxygen atoms in total. The van der Waals surface area contributed by atoms with Crippen molar-refractivity contribution in [3.8, 4) is 0 Å². The van der Waals surface area contributed by atoms with Gasteiger partial charge in [-0.05, 0) is 32.1 Å². The Kier molecular flexibility index (Phi) is 1.40. The highest BCUT2D eigenvalue weighted by Gasteiger charge is 2.29. The maximum atomic E-state index is 4.24. The molecule has 0 saturated heterocycles. The van der Waals surface area contributed by atoms with Crippen LogP contribution in [0.15, 0.2) is 5.10 Å². The van der Waals surface area contributed by atoms with E-state index >= 15 is 0 Å². The average Bonchev–Trinajstić information content (AvgIpc) is 2.33. The first-order valence-corrected chi connectivity index (χ1v) is 4.15. The molecule has 1 aliphatic carbocycles. The Balaban J connectivity index is 2.08. The Labute approximate surface area is 61.7 Å². The zero-order valence-electron chi connectivity index (χ0n) is 6.43. The first kappa shape index (κ1) is 6.20. The van der Waals surface area contributed by atoms with E-state index in [-0.39, 0.29) is 0 Å². The van der Waals surface area contributed by atoms with Gasteiger partial charge in [0.25, 0.3) is 0 Å². The Morgan fingerprint density at radius 1 is 1.50 bits per heavy atom. The number of hydrogen-bond donors (Lipinski definition) is 1. The lowest BCUT2D eigenvalue weighted by molar-refractivity contribution is 0.398. The molecule has 0 bridgehead atoms. The molecule has 10 heavy (non-hydrogen) atoms. The van der Waals surface area contributed by atoms with Crippen molar-refractivity contribution in [2.75, 3.05) is 0 Å². The van der Waals surface area contributed by atoms with Gasteiger partial charge in [-0.1, -0.05) is 6.42 Å². The average molecular weight is 138 g/mol. The van der Waals surface area contributed by atoms with Crippen molar-refractivity contribution in [3.05, 3.63) is 0 Å². The molecule has 0 aromatic rings. The zero-order valence-corrected chi connectivity index (χ0v) is 6.43. The molecule has 2 atom stereocenters. The smallest absolute Gasteiger partial charge is 0.0471 e. The molecule has 1 heterocycles. The second-order valence-electron chi connectivity index (χ2n) is 3.48. The summed E-state index contributed by atoms with van der Waals surface area (Å²) < 4.78 is 0. The lowest BCUT2D eigenvalue weighted by Crippen LogP contribution is -2.34. The third kappa shape index (κ3) is 0.917. The topological polar surface area (TPSA) is 24.4 Å². The van der Waals surface area contributed by atoms with E-state index in [1.54, 1.807) is 0 Å². The first-order chi connectivity index (χ1) is 4.86. The first-order valence-electron chi connectivity index (χ1n) is 4.15. The summed E-state index contributed by atoms with van der Waals surface area (Å²) in [5, 5.41) is 4.24. The van der Waals surface area contributed by atoms with E-state index in [1.165, 1.54) is 31.4 Å². The molecule has 56 valence electrons. The molecular weight excluding hydrogens is 124 g/mol. The summed E-state index contributed by atoms with van der Waals surface area (Å²) >= 11 is 0. The van der Waals surface area contributed by atoms with Crippen molar-refractivity contribution in [1.29, 1.82) is 0 Å². The van der Waals surface area contributed by atoms with Crippen molar-refractivity contribution >= 4 is 5.71 Å². The molecular formula is C8H14N2. The maximum absolute atomic E-state index is 4.24. The molecule has 2 heteroatoms. The van der Waals surface area contributed by atoms with E-state index in [1.807, 2.05) is 0 Å². The largest absolute Gasteiger partial charge is 0.307 e. The number of nitrogens with zero attached hydrogens (tertiary/aromatic N) is 1. The Bertz CT molecular complexity index is 163. The van der Waals surface area contributed by atoms with Gasteiger partial charge in [0.05, 0.1) is 0 Å². The molecule has 2 aliphatic rings. The Morgan fingerprint density at radius 2 is 2.40 bits per heavy atom. The van der Waals surface area contributed by atoms with E-state index in [4.69, 9.17) is 0 Å². The van der Waals surface area contributed by atoms with Crippen LogP contribution in [0, 0.1) is 5.92 Å². The summed E-state index contributed by atoms with van der Waals surface area (Å²) in [6.07, 6.45) is 5.37. The molecule has 0 amide bonds. The summed E-state index contributed by atoms with van der Waals surface area (Å²) in [7, 11) is 0. The van der Waals surface area contributed by atoms with Gasteiger partial charge in [0.1, 0.15) is 0 Å². The minimum atomic E-state index is 0.712. The van der Waals surface area contributed by atoms with Gasteiger partial charge in [-0.15, -0.1) is 0 Å². The van der Waals surface area contributed by atoms with Crippen LogP contribution in [0.2, 0.25) is 0 Å². The number of hydrogen-bond acceptors (Lipinski definition) is 2. The molecule has 1 saturated carbocycles. The molecule has 0 aromatic carbocycles. The molecule has 0 spiro atoms. The third-order valence-corrected chi connectivity index (χ3v) is 2.64. The number of fused-ring (bicyclic) bond motifs is 1. The fraction of sp³-hybridized carbons (Fsp3) is 0.875. The monoisotopic (exact) mass is 138 g/mol. The standard InChI is InChI=1S/C8H14N2/c1-6-5-7-3-2-4-8(7)10-9-6/h7-8,10H,2-5H2,1H3. The molecule has 1 fully saturated rings. The highest BCUT2D eigenvalue weighted by molar-refractivity contribution is 5.82. The molecule has 0 radical (unpaired) electrons. The van der Waals surface area contributed by atoms with Gasteiger partial charge in [0, 0.05) is 11.8 Å². The van der Waals surface area contributed by atoms with Gasteiger partial charge in [0.2, 0.25) is 0 Å². The quantitative estimate of drug-likeness (QED) is 0.539. The van der Waals surface area contributed by atoms with E-state index in [9.17, 15) is 0 Å². The second kappa shape index (κ2) is 2.26. The molecule has 2 unspecified atom stereocenters. The van der Waals surface area contributed by atoms with Crippen LogP contribution < -0.4 is 5.43 Å². The van der Waals surface area contributed by atoms with Crippen LogP contribution in [0.25, 0.3) is 0 Å².